The van der Waals surface area contributed by atoms with E-state index in [0.29, 0.717) is 23.7 Å². The molecule has 184 valence electrons. The van der Waals surface area contributed by atoms with E-state index in [4.69, 9.17) is 11.6 Å². The van der Waals surface area contributed by atoms with E-state index in [9.17, 15) is 17.4 Å². The first-order valence-corrected chi connectivity index (χ1v) is 12.9. The van der Waals surface area contributed by atoms with Crippen molar-refractivity contribution in [1.29, 1.82) is 0 Å². The van der Waals surface area contributed by atoms with Crippen molar-refractivity contribution in [3.63, 3.8) is 0 Å². The van der Waals surface area contributed by atoms with E-state index < -0.39 is 16.5 Å². The molecule has 0 bridgehead atoms. The first kappa shape index (κ1) is 26.6. The number of alkyl halides is 3. The summed E-state index contributed by atoms with van der Waals surface area (Å²) in [5, 5.41) is 2.89. The van der Waals surface area contributed by atoms with Crippen molar-refractivity contribution in [1.82, 2.24) is 14.9 Å². The van der Waals surface area contributed by atoms with Gasteiger partial charge in [-0.25, -0.2) is 9.19 Å². The van der Waals surface area contributed by atoms with E-state index in [0.717, 1.165) is 27.0 Å². The van der Waals surface area contributed by atoms with Crippen LogP contribution >= 0.6 is 22.9 Å². The summed E-state index contributed by atoms with van der Waals surface area (Å²) in [6.07, 6.45) is 2.63. The second-order valence-corrected chi connectivity index (χ2v) is 11.1. The Morgan fingerprint density at radius 3 is 2.50 bits per heavy atom. The fourth-order valence-corrected chi connectivity index (χ4v) is 5.15. The Kier molecular flexibility index (Phi) is 8.72. The van der Waals surface area contributed by atoms with E-state index in [1.54, 1.807) is 31.3 Å². The predicted molar refractivity (Wildman–Crippen MR) is 134 cm³/mol. The lowest BCUT2D eigenvalue weighted by Crippen LogP contribution is -2.39. The van der Waals surface area contributed by atoms with Gasteiger partial charge in [-0.3, -0.25) is 9.29 Å². The Morgan fingerprint density at radius 1 is 1.15 bits per heavy atom. The molecule has 0 N–H and O–H groups in total. The van der Waals surface area contributed by atoms with Crippen LogP contribution < -0.4 is 4.31 Å². The van der Waals surface area contributed by atoms with Crippen LogP contribution in [0.2, 0.25) is 5.02 Å². The van der Waals surface area contributed by atoms with E-state index in [-0.39, 0.29) is 17.3 Å². The number of halogens is 4. The minimum absolute atomic E-state index is 0.0730. The molecule has 34 heavy (non-hydrogen) atoms. The Balaban J connectivity index is 1.89. The van der Waals surface area contributed by atoms with E-state index in [1.165, 1.54) is 23.5 Å². The molecule has 1 atom stereocenters. The number of nitrogens with zero attached hydrogens (tertiary/aromatic N) is 4. The zero-order valence-corrected chi connectivity index (χ0v) is 21.7. The fraction of sp³-hybridized carbons (Fsp3) is 0.391. The molecule has 2 heterocycles. The zero-order valence-electron chi connectivity index (χ0n) is 19.3. The molecule has 0 fully saturated rings. The monoisotopic (exact) mass is 530 g/mol. The Labute approximate surface area is 209 Å². The topological polar surface area (TPSA) is 49.3 Å². The van der Waals surface area contributed by atoms with Gasteiger partial charge in [0.25, 0.3) is 0 Å². The van der Waals surface area contributed by atoms with Gasteiger partial charge >= 0.3 is 5.51 Å². The first-order valence-electron chi connectivity index (χ1n) is 10.6. The van der Waals surface area contributed by atoms with Crippen molar-refractivity contribution in [2.24, 2.45) is 5.92 Å². The Bertz CT molecular complexity index is 1150. The number of benzene rings is 1. The summed E-state index contributed by atoms with van der Waals surface area (Å²) in [5.74, 6) is 0.482. The molecule has 0 amide bonds. The third-order valence-electron chi connectivity index (χ3n) is 4.85. The van der Waals surface area contributed by atoms with Crippen LogP contribution in [0.4, 0.5) is 18.9 Å². The number of rotatable bonds is 9. The molecule has 11 heteroatoms. The lowest BCUT2D eigenvalue weighted by molar-refractivity contribution is -0.0386. The standard InChI is InChI=1S/C23H26ClF3N4OS2/c1-15(2)11-17-12-16(7-8-28-17)22-29-21(14-33-22)19-6-5-18(13-20(19)24)31(10-9-30(3)4)34(32)23(25,26)27/h5-8,12-15H,9-11H2,1-4H3. The lowest BCUT2D eigenvalue weighted by atomic mass is 10.1. The zero-order chi connectivity index (χ0) is 25.0. The molecule has 3 aromatic rings. The summed E-state index contributed by atoms with van der Waals surface area (Å²) < 4.78 is 52.6. The predicted octanol–water partition coefficient (Wildman–Crippen LogP) is 6.28. The third kappa shape index (κ3) is 6.78. The Hall–Kier alpha value is -2.01. The summed E-state index contributed by atoms with van der Waals surface area (Å²) in [6, 6.07) is 8.42. The second-order valence-electron chi connectivity index (χ2n) is 8.44. The number of hydrogen-bond donors (Lipinski definition) is 0. The highest BCUT2D eigenvalue weighted by molar-refractivity contribution is 7.87. The maximum absolute atomic E-state index is 13.2. The average molecular weight is 531 g/mol. The first-order chi connectivity index (χ1) is 16.0. The van der Waals surface area contributed by atoms with Crippen LogP contribution in [-0.4, -0.2) is 51.8 Å². The van der Waals surface area contributed by atoms with Crippen molar-refractivity contribution >= 4 is 39.6 Å². The number of aromatic nitrogens is 2. The molecule has 0 radical (unpaired) electrons. The molecule has 1 unspecified atom stereocenters. The summed E-state index contributed by atoms with van der Waals surface area (Å²) >= 11 is 7.92. The largest absolute Gasteiger partial charge is 0.491 e. The van der Waals surface area contributed by atoms with Crippen LogP contribution in [0.15, 0.2) is 41.9 Å². The van der Waals surface area contributed by atoms with Crippen LogP contribution in [0.25, 0.3) is 21.8 Å². The van der Waals surface area contributed by atoms with Gasteiger partial charge < -0.3 is 4.90 Å². The highest BCUT2D eigenvalue weighted by Gasteiger charge is 2.41. The van der Waals surface area contributed by atoms with E-state index >= 15 is 0 Å². The normalized spacial score (nSPS) is 13.0. The summed E-state index contributed by atoms with van der Waals surface area (Å²) in [7, 11) is 0.270. The molecular weight excluding hydrogens is 505 g/mol. The molecule has 0 spiro atoms. The highest BCUT2D eigenvalue weighted by Crippen LogP contribution is 2.36. The van der Waals surface area contributed by atoms with Gasteiger partial charge in [0.1, 0.15) is 5.01 Å². The fourth-order valence-electron chi connectivity index (χ4n) is 3.26. The van der Waals surface area contributed by atoms with Gasteiger partial charge in [-0.1, -0.05) is 25.4 Å². The molecule has 5 nitrogen and oxygen atoms in total. The SMILES string of the molecule is CC(C)Cc1cc(-c2nc(-c3ccc(N(CCN(C)C)S(=O)C(F)(F)F)cc3Cl)cs2)ccn1. The third-order valence-corrected chi connectivity index (χ3v) is 7.24. The molecule has 0 aliphatic heterocycles. The van der Waals surface area contributed by atoms with E-state index in [1.807, 2.05) is 17.5 Å². The van der Waals surface area contributed by atoms with Gasteiger partial charge in [-0.2, -0.15) is 13.2 Å². The summed E-state index contributed by atoms with van der Waals surface area (Å²) in [4.78, 5) is 10.8. The molecular formula is C23H26ClF3N4OS2. The quantitative estimate of drug-likeness (QED) is 0.327. The maximum Gasteiger partial charge on any atom is 0.491 e. The van der Waals surface area contributed by atoms with Crippen molar-refractivity contribution < 1.29 is 17.4 Å². The summed E-state index contributed by atoms with van der Waals surface area (Å²) in [6.45, 7) is 4.48. The van der Waals surface area contributed by atoms with Gasteiger partial charge in [0.2, 0.25) is 11.0 Å². The summed E-state index contributed by atoms with van der Waals surface area (Å²) in [5.41, 5.74) is -1.59. The molecule has 0 aliphatic carbocycles. The van der Waals surface area contributed by atoms with Crippen molar-refractivity contribution in [2.45, 2.75) is 25.8 Å². The smallest absolute Gasteiger partial charge is 0.308 e. The number of likely N-dealkylation sites (N-methyl/N-ethyl adjacent to an activating group) is 1. The Morgan fingerprint density at radius 2 is 1.88 bits per heavy atom. The number of pyridine rings is 1. The van der Waals surface area contributed by atoms with Crippen LogP contribution in [0.3, 0.4) is 0 Å². The van der Waals surface area contributed by atoms with E-state index in [2.05, 4.69) is 23.8 Å². The molecule has 3 rings (SSSR count). The van der Waals surface area contributed by atoms with Gasteiger partial charge in [0.15, 0.2) is 0 Å². The number of anilines is 1. The number of hydrogen-bond acceptors (Lipinski definition) is 5. The van der Waals surface area contributed by atoms with Gasteiger partial charge in [-0.05, 0) is 56.8 Å². The lowest BCUT2D eigenvalue weighted by Gasteiger charge is -2.26. The molecule has 0 saturated heterocycles. The van der Waals surface area contributed by atoms with Crippen LogP contribution in [0.1, 0.15) is 19.5 Å². The van der Waals surface area contributed by atoms with Crippen molar-refractivity contribution in [2.75, 3.05) is 31.5 Å². The average Bonchev–Trinajstić information content (AvgIpc) is 3.22. The number of thiazole rings is 1. The molecule has 2 aromatic heterocycles. The molecule has 0 saturated carbocycles. The molecule has 0 aliphatic rings. The second kappa shape index (κ2) is 11.2. The maximum atomic E-state index is 13.2. The van der Waals surface area contributed by atoms with Crippen molar-refractivity contribution in [3.8, 4) is 21.8 Å². The minimum Gasteiger partial charge on any atom is -0.308 e. The van der Waals surface area contributed by atoms with Crippen LogP contribution in [0, 0.1) is 5.92 Å². The molecule has 1 aromatic carbocycles. The van der Waals surface area contributed by atoms with Gasteiger partial charge in [0.05, 0.1) is 16.4 Å². The highest BCUT2D eigenvalue weighted by atomic mass is 35.5. The van der Waals surface area contributed by atoms with Crippen LogP contribution in [0.5, 0.6) is 0 Å². The van der Waals surface area contributed by atoms with Gasteiger partial charge in [-0.15, -0.1) is 11.3 Å². The van der Waals surface area contributed by atoms with Crippen molar-refractivity contribution in [3.05, 3.63) is 52.6 Å². The van der Waals surface area contributed by atoms with Gasteiger partial charge in [0, 0.05) is 41.5 Å². The van der Waals surface area contributed by atoms with Crippen LogP contribution in [-0.2, 0) is 17.4 Å². The minimum atomic E-state index is -4.87.